The van der Waals surface area contributed by atoms with Gasteiger partial charge in [-0.3, -0.25) is 9.47 Å². The first-order valence-corrected chi connectivity index (χ1v) is 10.5. The molecule has 1 fully saturated rings. The van der Waals surface area contributed by atoms with Gasteiger partial charge in [-0.15, -0.1) is 0 Å². The third kappa shape index (κ3) is 6.76. The zero-order chi connectivity index (χ0) is 24.1. The van der Waals surface area contributed by atoms with Crippen LogP contribution in [0.25, 0.3) is 6.08 Å². The standard InChI is InChI=1S/C11H17N5O3.C10H10F3N/c1-11(7-14-4-2-12-3-5-14)8-15-6-9(16(17)18)13-10(15)19-11;11-10(12,13)9-5-3-8(4-6-9)2-1-7-14/h6,12H,2-5,7-8H2,1H3;1-6H,7,14H2/t11-;/m0./s1. The number of piperazine rings is 1. The van der Waals surface area contributed by atoms with E-state index in [1.807, 2.05) is 6.92 Å². The van der Waals surface area contributed by atoms with E-state index in [0.717, 1.165) is 44.9 Å². The Labute approximate surface area is 189 Å². The number of hydrogen-bond donors (Lipinski definition) is 2. The summed E-state index contributed by atoms with van der Waals surface area (Å²) in [5.74, 6) is -0.153. The first-order chi connectivity index (χ1) is 15.6. The minimum atomic E-state index is -4.27. The summed E-state index contributed by atoms with van der Waals surface area (Å²) in [7, 11) is 0. The summed E-state index contributed by atoms with van der Waals surface area (Å²) in [6.45, 7) is 7.80. The summed E-state index contributed by atoms with van der Waals surface area (Å²) in [5, 5.41) is 14.0. The van der Waals surface area contributed by atoms with E-state index in [2.05, 4.69) is 15.2 Å². The van der Waals surface area contributed by atoms with Gasteiger partial charge in [0.2, 0.25) is 0 Å². The molecule has 2 aliphatic rings. The van der Waals surface area contributed by atoms with Crippen LogP contribution < -0.4 is 15.8 Å². The Morgan fingerprint density at radius 1 is 1.30 bits per heavy atom. The Kier molecular flexibility index (Phi) is 7.72. The van der Waals surface area contributed by atoms with Gasteiger partial charge < -0.3 is 25.9 Å². The van der Waals surface area contributed by atoms with Gasteiger partial charge in [0.05, 0.1) is 12.1 Å². The molecular formula is C21H27F3N6O3. The first-order valence-electron chi connectivity index (χ1n) is 10.5. The van der Waals surface area contributed by atoms with Crippen molar-refractivity contribution in [2.45, 2.75) is 25.2 Å². The number of hydrogen-bond acceptors (Lipinski definition) is 7. The smallest absolute Gasteiger partial charge is 0.416 e. The summed E-state index contributed by atoms with van der Waals surface area (Å²) in [6.07, 6.45) is 0.539. The number of nitro groups is 1. The number of nitrogens with one attached hydrogen (secondary N) is 1. The van der Waals surface area contributed by atoms with Crippen LogP contribution in [0.1, 0.15) is 18.1 Å². The lowest BCUT2D eigenvalue weighted by Gasteiger charge is -2.33. The normalized spacial score (nSPS) is 20.8. The number of nitrogens with zero attached hydrogens (tertiary/aromatic N) is 4. The first kappa shape index (κ1) is 24.7. The van der Waals surface area contributed by atoms with E-state index in [-0.39, 0.29) is 11.4 Å². The van der Waals surface area contributed by atoms with Crippen molar-refractivity contribution in [2.24, 2.45) is 5.73 Å². The fourth-order valence-electron chi connectivity index (χ4n) is 3.69. The molecule has 0 saturated carbocycles. The molecule has 0 unspecified atom stereocenters. The number of imidazole rings is 1. The monoisotopic (exact) mass is 468 g/mol. The minimum absolute atomic E-state index is 0.153. The highest BCUT2D eigenvalue weighted by molar-refractivity contribution is 5.50. The van der Waals surface area contributed by atoms with Gasteiger partial charge in [0, 0.05) is 44.3 Å². The van der Waals surface area contributed by atoms with E-state index in [9.17, 15) is 23.3 Å². The zero-order valence-corrected chi connectivity index (χ0v) is 18.2. The van der Waals surface area contributed by atoms with Gasteiger partial charge in [0.25, 0.3) is 0 Å². The molecule has 0 radical (unpaired) electrons. The molecule has 1 aromatic heterocycles. The van der Waals surface area contributed by atoms with Gasteiger partial charge in [0.15, 0.2) is 0 Å². The molecule has 3 heterocycles. The molecule has 33 heavy (non-hydrogen) atoms. The van der Waals surface area contributed by atoms with E-state index >= 15 is 0 Å². The Balaban J connectivity index is 0.000000196. The predicted octanol–water partition coefficient (Wildman–Crippen LogP) is 2.52. The summed E-state index contributed by atoms with van der Waals surface area (Å²) in [4.78, 5) is 16.4. The molecule has 2 aliphatic heterocycles. The molecule has 2 aromatic rings. The second-order valence-corrected chi connectivity index (χ2v) is 8.10. The lowest BCUT2D eigenvalue weighted by atomic mass is 10.1. The van der Waals surface area contributed by atoms with Crippen molar-refractivity contribution in [2.75, 3.05) is 39.3 Å². The SMILES string of the molecule is C[C@]1(CN2CCNCC2)Cn2cc([N+](=O)[O-])nc2O1.NCC=Cc1ccc(C(F)(F)F)cc1. The summed E-state index contributed by atoms with van der Waals surface area (Å²) >= 11 is 0. The van der Waals surface area contributed by atoms with Crippen molar-refractivity contribution in [3.8, 4) is 6.01 Å². The number of nitrogens with two attached hydrogens (primary N) is 1. The third-order valence-electron chi connectivity index (χ3n) is 5.21. The van der Waals surface area contributed by atoms with Crippen LogP contribution in [-0.2, 0) is 12.7 Å². The van der Waals surface area contributed by atoms with Gasteiger partial charge in [0.1, 0.15) is 11.8 Å². The van der Waals surface area contributed by atoms with E-state index in [0.29, 0.717) is 24.7 Å². The molecule has 0 aliphatic carbocycles. The minimum Gasteiger partial charge on any atom is -0.436 e. The van der Waals surface area contributed by atoms with Crippen LogP contribution in [0, 0.1) is 10.1 Å². The van der Waals surface area contributed by atoms with Crippen molar-refractivity contribution in [1.82, 2.24) is 19.8 Å². The fraction of sp³-hybridized carbons (Fsp3) is 0.476. The number of aromatic nitrogens is 2. The summed E-state index contributed by atoms with van der Waals surface area (Å²) < 4.78 is 43.9. The van der Waals surface area contributed by atoms with Gasteiger partial charge in [-0.25, -0.2) is 0 Å². The average molecular weight is 468 g/mol. The molecule has 1 saturated heterocycles. The number of rotatable bonds is 5. The van der Waals surface area contributed by atoms with Crippen molar-refractivity contribution in [1.29, 1.82) is 0 Å². The maximum atomic E-state index is 12.1. The summed E-state index contributed by atoms with van der Waals surface area (Å²) in [5.41, 5.74) is 4.93. The van der Waals surface area contributed by atoms with Crippen LogP contribution in [0.2, 0.25) is 0 Å². The topological polar surface area (TPSA) is 111 Å². The lowest BCUT2D eigenvalue weighted by molar-refractivity contribution is -0.389. The molecule has 12 heteroatoms. The zero-order valence-electron chi connectivity index (χ0n) is 18.2. The molecule has 1 aromatic carbocycles. The van der Waals surface area contributed by atoms with Crippen LogP contribution in [0.3, 0.4) is 0 Å². The fourth-order valence-corrected chi connectivity index (χ4v) is 3.69. The van der Waals surface area contributed by atoms with Crippen LogP contribution >= 0.6 is 0 Å². The number of halogens is 3. The van der Waals surface area contributed by atoms with E-state index < -0.39 is 16.7 Å². The maximum Gasteiger partial charge on any atom is 0.416 e. The highest BCUT2D eigenvalue weighted by atomic mass is 19.4. The maximum absolute atomic E-state index is 12.1. The van der Waals surface area contributed by atoms with Crippen molar-refractivity contribution >= 4 is 11.9 Å². The Morgan fingerprint density at radius 3 is 2.52 bits per heavy atom. The molecule has 0 amide bonds. The highest BCUT2D eigenvalue weighted by Gasteiger charge is 2.41. The van der Waals surface area contributed by atoms with E-state index in [1.54, 1.807) is 16.7 Å². The van der Waals surface area contributed by atoms with Crippen molar-refractivity contribution < 1.29 is 22.8 Å². The van der Waals surface area contributed by atoms with Crippen molar-refractivity contribution in [3.63, 3.8) is 0 Å². The van der Waals surface area contributed by atoms with Crippen LogP contribution in [-0.4, -0.2) is 64.2 Å². The molecule has 3 N–H and O–H groups in total. The number of benzene rings is 1. The van der Waals surface area contributed by atoms with E-state index in [4.69, 9.17) is 10.5 Å². The van der Waals surface area contributed by atoms with Crippen molar-refractivity contribution in [3.05, 3.63) is 57.8 Å². The quantitative estimate of drug-likeness (QED) is 0.512. The molecule has 0 spiro atoms. The second-order valence-electron chi connectivity index (χ2n) is 8.10. The number of ether oxygens (including phenoxy) is 1. The molecule has 4 rings (SSSR count). The Hall–Kier alpha value is -2.96. The second kappa shape index (κ2) is 10.3. The Bertz CT molecular complexity index is 945. The number of alkyl halides is 3. The van der Waals surface area contributed by atoms with Gasteiger partial charge >= 0.3 is 18.0 Å². The molecule has 180 valence electrons. The van der Waals surface area contributed by atoms with Gasteiger partial charge in [-0.05, 0) is 29.5 Å². The molecule has 9 nitrogen and oxygen atoms in total. The van der Waals surface area contributed by atoms with Gasteiger partial charge in [-0.2, -0.15) is 13.2 Å². The molecular weight excluding hydrogens is 441 g/mol. The summed E-state index contributed by atoms with van der Waals surface area (Å²) in [6, 6.07) is 5.28. The van der Waals surface area contributed by atoms with E-state index in [1.165, 1.54) is 18.3 Å². The molecule has 1 atom stereocenters. The van der Waals surface area contributed by atoms with Crippen LogP contribution in [0.15, 0.2) is 36.5 Å². The van der Waals surface area contributed by atoms with Crippen LogP contribution in [0.4, 0.5) is 19.0 Å². The highest BCUT2D eigenvalue weighted by Crippen LogP contribution is 2.31. The van der Waals surface area contributed by atoms with Crippen LogP contribution in [0.5, 0.6) is 6.01 Å². The third-order valence-corrected chi connectivity index (χ3v) is 5.21. The van der Waals surface area contributed by atoms with Gasteiger partial charge in [-0.1, -0.05) is 24.3 Å². The average Bonchev–Trinajstić information content (AvgIpc) is 3.28. The Morgan fingerprint density at radius 2 is 1.97 bits per heavy atom. The molecule has 0 bridgehead atoms. The largest absolute Gasteiger partial charge is 0.436 e. The predicted molar refractivity (Wildman–Crippen MR) is 117 cm³/mol. The number of fused-ring (bicyclic) bond motifs is 1. The lowest BCUT2D eigenvalue weighted by Crippen LogP contribution is -2.51.